The first-order valence-corrected chi connectivity index (χ1v) is 5.92. The molecule has 0 radical (unpaired) electrons. The van der Waals surface area contributed by atoms with Crippen molar-refractivity contribution in [3.05, 3.63) is 23.8 Å². The lowest BCUT2D eigenvalue weighted by atomic mass is 10.2. The molecule has 0 aromatic carbocycles. The largest absolute Gasteiger partial charge is 0.443 e. The zero-order valence-corrected chi connectivity index (χ0v) is 11.1. The summed E-state index contributed by atoms with van der Waals surface area (Å²) in [6, 6.07) is -0.493. The smallest absolute Gasteiger partial charge is 0.415 e. The summed E-state index contributed by atoms with van der Waals surface area (Å²) < 4.78 is 5.02. The van der Waals surface area contributed by atoms with E-state index >= 15 is 0 Å². The highest BCUT2D eigenvalue weighted by atomic mass is 16.6. The van der Waals surface area contributed by atoms with E-state index in [9.17, 15) is 9.59 Å². The van der Waals surface area contributed by atoms with Gasteiger partial charge in [-0.15, -0.1) is 0 Å². The van der Waals surface area contributed by atoms with E-state index in [1.54, 1.807) is 27.0 Å². The van der Waals surface area contributed by atoms with Crippen LogP contribution >= 0.6 is 0 Å². The minimum atomic E-state index is -0.750. The maximum atomic E-state index is 11.9. The van der Waals surface area contributed by atoms with Crippen LogP contribution in [0.15, 0.2) is 12.5 Å². The molecule has 0 fully saturated rings. The number of nitrogens with one attached hydrogen (secondary N) is 1. The number of urea groups is 1. The Kier molecular flexibility index (Phi) is 3.37. The number of carbonyl (C=O) groups is 2. The number of amides is 3. The van der Waals surface area contributed by atoms with Crippen LogP contribution < -0.4 is 5.32 Å². The second-order valence-electron chi connectivity index (χ2n) is 5.28. The number of rotatable bonds is 0. The molecule has 0 spiro atoms. The third kappa shape index (κ3) is 3.40. The number of hydrogen-bond acceptors (Lipinski definition) is 5. The van der Waals surface area contributed by atoms with E-state index in [1.165, 1.54) is 11.2 Å². The predicted molar refractivity (Wildman–Crippen MR) is 66.0 cm³/mol. The normalized spacial score (nSPS) is 13.9. The molecule has 1 aromatic rings. The maximum absolute atomic E-state index is 11.9. The van der Waals surface area contributed by atoms with Gasteiger partial charge in [0.15, 0.2) is 0 Å². The fraction of sp³-hybridized carbons (Fsp3) is 0.500. The Balaban J connectivity index is 1.91. The van der Waals surface area contributed by atoms with Crippen molar-refractivity contribution in [3.8, 4) is 0 Å². The van der Waals surface area contributed by atoms with Gasteiger partial charge in [-0.25, -0.2) is 24.9 Å². The maximum Gasteiger partial charge on any atom is 0.415 e. The standard InChI is InChI=1S/C12H16N4O3/c1-12(2,3)19-11(18)15-10(17)16-5-8-4-13-7-14-9(8)6-16/h4,7H,5-6H2,1-3H3,(H,15,17,18). The summed E-state index contributed by atoms with van der Waals surface area (Å²) in [4.78, 5) is 32.8. The second-order valence-corrected chi connectivity index (χ2v) is 5.28. The molecule has 19 heavy (non-hydrogen) atoms. The van der Waals surface area contributed by atoms with Gasteiger partial charge in [0.1, 0.15) is 11.9 Å². The van der Waals surface area contributed by atoms with Crippen LogP contribution in [0.1, 0.15) is 32.0 Å². The van der Waals surface area contributed by atoms with Crippen molar-refractivity contribution in [2.45, 2.75) is 39.5 Å². The number of carbonyl (C=O) groups excluding carboxylic acids is 2. The molecule has 0 bridgehead atoms. The van der Waals surface area contributed by atoms with Crippen molar-refractivity contribution >= 4 is 12.1 Å². The molecule has 102 valence electrons. The molecule has 1 aliphatic rings. The van der Waals surface area contributed by atoms with Crippen molar-refractivity contribution in [2.24, 2.45) is 0 Å². The highest BCUT2D eigenvalue weighted by Crippen LogP contribution is 2.19. The summed E-state index contributed by atoms with van der Waals surface area (Å²) >= 11 is 0. The van der Waals surface area contributed by atoms with Crippen molar-refractivity contribution in [1.29, 1.82) is 0 Å². The van der Waals surface area contributed by atoms with E-state index in [0.29, 0.717) is 13.1 Å². The molecule has 1 aromatic heterocycles. The molecule has 0 atom stereocenters. The number of alkyl carbamates (subject to hydrolysis) is 1. The summed E-state index contributed by atoms with van der Waals surface area (Å²) in [5.41, 5.74) is 1.06. The van der Waals surface area contributed by atoms with Gasteiger partial charge in [-0.3, -0.25) is 0 Å². The second kappa shape index (κ2) is 4.83. The van der Waals surface area contributed by atoms with E-state index in [0.717, 1.165) is 11.3 Å². The first-order valence-electron chi connectivity index (χ1n) is 5.92. The van der Waals surface area contributed by atoms with Gasteiger partial charge in [-0.1, -0.05) is 0 Å². The number of nitrogens with zero attached hydrogens (tertiary/aromatic N) is 3. The van der Waals surface area contributed by atoms with Crippen LogP contribution in [0.5, 0.6) is 0 Å². The summed E-state index contributed by atoms with van der Waals surface area (Å²) in [5, 5.41) is 2.19. The van der Waals surface area contributed by atoms with Gasteiger partial charge in [0.2, 0.25) is 0 Å². The molecular weight excluding hydrogens is 248 g/mol. The molecule has 1 N–H and O–H groups in total. The topological polar surface area (TPSA) is 84.4 Å². The van der Waals surface area contributed by atoms with Gasteiger partial charge < -0.3 is 9.64 Å². The monoisotopic (exact) mass is 264 g/mol. The van der Waals surface area contributed by atoms with E-state index in [2.05, 4.69) is 15.3 Å². The van der Waals surface area contributed by atoms with E-state index < -0.39 is 17.7 Å². The molecule has 0 unspecified atom stereocenters. The van der Waals surface area contributed by atoms with Crippen LogP contribution in [0.25, 0.3) is 0 Å². The molecule has 3 amide bonds. The minimum Gasteiger partial charge on any atom is -0.443 e. The zero-order chi connectivity index (χ0) is 14.0. The number of fused-ring (bicyclic) bond motifs is 1. The summed E-state index contributed by atoms with van der Waals surface area (Å²) in [6.07, 6.45) is 2.36. The molecule has 1 aliphatic heterocycles. The molecule has 2 heterocycles. The van der Waals surface area contributed by atoms with Crippen LogP contribution in [0.2, 0.25) is 0 Å². The van der Waals surface area contributed by atoms with Gasteiger partial charge in [0, 0.05) is 11.8 Å². The van der Waals surface area contributed by atoms with Crippen molar-refractivity contribution in [1.82, 2.24) is 20.2 Å². The van der Waals surface area contributed by atoms with Crippen molar-refractivity contribution in [3.63, 3.8) is 0 Å². The fourth-order valence-electron chi connectivity index (χ4n) is 1.71. The lowest BCUT2D eigenvalue weighted by Crippen LogP contribution is -2.42. The van der Waals surface area contributed by atoms with E-state index in [4.69, 9.17) is 4.74 Å². The van der Waals surface area contributed by atoms with E-state index in [1.807, 2.05) is 0 Å². The van der Waals surface area contributed by atoms with Gasteiger partial charge in [0.05, 0.1) is 18.8 Å². The van der Waals surface area contributed by atoms with Crippen LogP contribution in [0.3, 0.4) is 0 Å². The summed E-state index contributed by atoms with van der Waals surface area (Å²) in [5.74, 6) is 0. The van der Waals surface area contributed by atoms with Gasteiger partial charge in [-0.2, -0.15) is 0 Å². The molecule has 7 heteroatoms. The SMILES string of the molecule is CC(C)(C)OC(=O)NC(=O)N1Cc2cncnc2C1. The van der Waals surface area contributed by atoms with Gasteiger partial charge >= 0.3 is 12.1 Å². The first-order chi connectivity index (χ1) is 8.85. The van der Waals surface area contributed by atoms with Crippen LogP contribution in [0.4, 0.5) is 9.59 Å². The average Bonchev–Trinajstić information content (AvgIpc) is 2.69. The zero-order valence-electron chi connectivity index (χ0n) is 11.1. The van der Waals surface area contributed by atoms with Crippen molar-refractivity contribution < 1.29 is 14.3 Å². The Morgan fingerprint density at radius 3 is 2.74 bits per heavy atom. The third-order valence-electron chi connectivity index (χ3n) is 2.48. The highest BCUT2D eigenvalue weighted by molar-refractivity contribution is 5.91. The third-order valence-corrected chi connectivity index (χ3v) is 2.48. The summed E-state index contributed by atoms with van der Waals surface area (Å²) in [6.45, 7) is 5.96. The molecule has 0 saturated carbocycles. The lowest BCUT2D eigenvalue weighted by Gasteiger charge is -2.21. The Morgan fingerprint density at radius 2 is 2.11 bits per heavy atom. The quantitative estimate of drug-likeness (QED) is 0.766. The van der Waals surface area contributed by atoms with E-state index in [-0.39, 0.29) is 0 Å². The van der Waals surface area contributed by atoms with Gasteiger partial charge in [-0.05, 0) is 20.8 Å². The summed E-state index contributed by atoms with van der Waals surface area (Å²) in [7, 11) is 0. The number of aromatic nitrogens is 2. The van der Waals surface area contributed by atoms with Crippen LogP contribution in [0, 0.1) is 0 Å². The van der Waals surface area contributed by atoms with Crippen LogP contribution in [-0.2, 0) is 17.8 Å². The Bertz CT molecular complexity index is 485. The molecular formula is C12H16N4O3. The van der Waals surface area contributed by atoms with Crippen molar-refractivity contribution in [2.75, 3.05) is 0 Å². The average molecular weight is 264 g/mol. The van der Waals surface area contributed by atoms with Crippen LogP contribution in [-0.4, -0.2) is 32.6 Å². The molecule has 0 saturated heterocycles. The lowest BCUT2D eigenvalue weighted by molar-refractivity contribution is 0.0534. The first kappa shape index (κ1) is 13.3. The molecule has 0 aliphatic carbocycles. The highest BCUT2D eigenvalue weighted by Gasteiger charge is 2.27. The Morgan fingerprint density at radius 1 is 1.37 bits per heavy atom. The number of imide groups is 1. The number of ether oxygens (including phenoxy) is 1. The molecule has 7 nitrogen and oxygen atoms in total. The Labute approximate surface area is 111 Å². The van der Waals surface area contributed by atoms with Gasteiger partial charge in [0.25, 0.3) is 0 Å². The molecule has 2 rings (SSSR count). The predicted octanol–water partition coefficient (Wildman–Crippen LogP) is 1.44. The Hall–Kier alpha value is -2.18. The number of hydrogen-bond donors (Lipinski definition) is 1. The minimum absolute atomic E-state index is 0.368. The fourth-order valence-corrected chi connectivity index (χ4v) is 1.71.